The second-order valence-electron chi connectivity index (χ2n) is 7.87. The Morgan fingerprint density at radius 2 is 1.91 bits per heavy atom. The lowest BCUT2D eigenvalue weighted by Crippen LogP contribution is -2.14. The highest BCUT2D eigenvalue weighted by atomic mass is 16.4. The summed E-state index contributed by atoms with van der Waals surface area (Å²) in [7, 11) is 0. The van der Waals surface area contributed by atoms with Gasteiger partial charge in [0.15, 0.2) is 11.4 Å². The number of H-pyrrole nitrogens is 1. The summed E-state index contributed by atoms with van der Waals surface area (Å²) >= 11 is 0. The van der Waals surface area contributed by atoms with Crippen LogP contribution in [0.3, 0.4) is 0 Å². The van der Waals surface area contributed by atoms with Crippen LogP contribution in [-0.4, -0.2) is 26.0 Å². The quantitative estimate of drug-likeness (QED) is 0.371. The van der Waals surface area contributed by atoms with Crippen molar-refractivity contribution in [2.45, 2.75) is 26.2 Å². The molecule has 0 saturated heterocycles. The number of nitrogens with zero attached hydrogens (tertiary/aromatic N) is 3. The van der Waals surface area contributed by atoms with E-state index in [4.69, 9.17) is 9.52 Å². The Labute approximate surface area is 187 Å². The molecular weight excluding hydrogens is 424 g/mol. The van der Waals surface area contributed by atoms with Crippen molar-refractivity contribution in [3.05, 3.63) is 81.5 Å². The Kier molecular flexibility index (Phi) is 4.93. The van der Waals surface area contributed by atoms with E-state index in [1.807, 2.05) is 12.1 Å². The molecule has 0 aliphatic heterocycles. The van der Waals surface area contributed by atoms with E-state index in [0.29, 0.717) is 5.69 Å². The van der Waals surface area contributed by atoms with Gasteiger partial charge in [-0.25, -0.2) is 9.48 Å². The number of nitrogens with one attached hydrogen (secondary N) is 1. The molecule has 9 heteroatoms. The molecule has 0 radical (unpaired) electrons. The molecule has 1 aliphatic rings. The maximum Gasteiger partial charge on any atom is 0.371 e. The number of furan rings is 1. The molecule has 0 amide bonds. The normalized spacial score (nSPS) is 13.0. The molecule has 33 heavy (non-hydrogen) atoms. The van der Waals surface area contributed by atoms with Crippen molar-refractivity contribution in [1.29, 1.82) is 0 Å². The number of aromatic carboxylic acids is 1. The van der Waals surface area contributed by atoms with Gasteiger partial charge >= 0.3 is 5.97 Å². The summed E-state index contributed by atoms with van der Waals surface area (Å²) in [4.78, 5) is 24.1. The Morgan fingerprint density at radius 1 is 1.09 bits per heavy atom. The minimum absolute atomic E-state index is 0.116. The average molecular weight is 444 g/mol. The summed E-state index contributed by atoms with van der Waals surface area (Å²) < 4.78 is 6.70. The zero-order valence-corrected chi connectivity index (χ0v) is 17.7. The summed E-state index contributed by atoms with van der Waals surface area (Å²) in [5.41, 5.74) is 4.01. The van der Waals surface area contributed by atoms with Crippen LogP contribution in [0, 0.1) is 6.92 Å². The minimum atomic E-state index is -1.21. The molecule has 3 N–H and O–H groups in total. The highest BCUT2D eigenvalue weighted by molar-refractivity contribution is 5.85. The number of hydrogen-bond donors (Lipinski definition) is 3. The number of para-hydroxylation sites is 1. The van der Waals surface area contributed by atoms with Crippen LogP contribution in [-0.2, 0) is 12.8 Å². The van der Waals surface area contributed by atoms with Gasteiger partial charge in [-0.15, -0.1) is 10.2 Å². The predicted octanol–water partition coefficient (Wildman–Crippen LogP) is 5.04. The van der Waals surface area contributed by atoms with Gasteiger partial charge < -0.3 is 14.6 Å². The fourth-order valence-electron chi connectivity index (χ4n) is 4.05. The third-order valence-electron chi connectivity index (χ3n) is 5.74. The standard InChI is InChI=1S/C24H20N4O5/c1-13-21(23(30)28(27-13)16-9-8-14-4-2-5-15(14)12-16)26-25-18-7-3-6-17(22(18)29)19-10-11-20(33-19)24(31)32/h3,6-12,27,29H,2,4-5H2,1H3,(H,31,32). The molecule has 2 heterocycles. The van der Waals surface area contributed by atoms with Crippen LogP contribution in [0.1, 0.15) is 33.8 Å². The third-order valence-corrected chi connectivity index (χ3v) is 5.74. The van der Waals surface area contributed by atoms with Crippen LogP contribution in [0.5, 0.6) is 5.75 Å². The molecule has 166 valence electrons. The van der Waals surface area contributed by atoms with Crippen LogP contribution in [0.25, 0.3) is 17.0 Å². The van der Waals surface area contributed by atoms with Crippen molar-refractivity contribution in [3.8, 4) is 22.8 Å². The van der Waals surface area contributed by atoms with Gasteiger partial charge in [-0.05, 0) is 73.7 Å². The van der Waals surface area contributed by atoms with Gasteiger partial charge in [0.1, 0.15) is 11.4 Å². The molecule has 2 aromatic carbocycles. The maximum atomic E-state index is 13.0. The zero-order chi connectivity index (χ0) is 23.1. The number of aromatic amines is 1. The first kappa shape index (κ1) is 20.5. The predicted molar refractivity (Wildman–Crippen MR) is 120 cm³/mol. The molecule has 0 bridgehead atoms. The lowest BCUT2D eigenvalue weighted by atomic mass is 10.1. The van der Waals surface area contributed by atoms with Gasteiger partial charge in [0.05, 0.1) is 16.9 Å². The van der Waals surface area contributed by atoms with E-state index >= 15 is 0 Å². The number of azo groups is 1. The number of phenols is 1. The number of carbonyl (C=O) groups is 1. The number of benzene rings is 2. The second-order valence-corrected chi connectivity index (χ2v) is 7.87. The van der Waals surface area contributed by atoms with E-state index in [-0.39, 0.29) is 39.8 Å². The SMILES string of the molecule is Cc1[nH]n(-c2ccc3c(c2)CCC3)c(=O)c1N=Nc1cccc(-c2ccc(C(=O)O)o2)c1O. The summed E-state index contributed by atoms with van der Waals surface area (Å²) in [5, 5.41) is 30.9. The molecule has 0 spiro atoms. The highest BCUT2D eigenvalue weighted by Gasteiger charge is 2.18. The number of aromatic hydroxyl groups is 1. The molecular formula is C24H20N4O5. The fraction of sp³-hybridized carbons (Fsp3) is 0.167. The van der Waals surface area contributed by atoms with Gasteiger partial charge in [-0.3, -0.25) is 9.89 Å². The first-order chi connectivity index (χ1) is 15.9. The summed E-state index contributed by atoms with van der Waals surface area (Å²) in [6, 6.07) is 13.5. The highest BCUT2D eigenvalue weighted by Crippen LogP contribution is 2.38. The summed E-state index contributed by atoms with van der Waals surface area (Å²) in [6.07, 6.45) is 3.18. The number of hydrogen-bond acceptors (Lipinski definition) is 6. The van der Waals surface area contributed by atoms with Gasteiger partial charge in [0.25, 0.3) is 5.56 Å². The first-order valence-electron chi connectivity index (χ1n) is 10.4. The Balaban J connectivity index is 1.48. The van der Waals surface area contributed by atoms with E-state index in [9.17, 15) is 14.7 Å². The van der Waals surface area contributed by atoms with Gasteiger partial charge in [0, 0.05) is 0 Å². The van der Waals surface area contributed by atoms with E-state index in [2.05, 4.69) is 21.4 Å². The largest absolute Gasteiger partial charge is 0.505 e. The fourth-order valence-corrected chi connectivity index (χ4v) is 4.05. The Morgan fingerprint density at radius 3 is 2.70 bits per heavy atom. The van der Waals surface area contributed by atoms with Crippen molar-refractivity contribution in [2.24, 2.45) is 10.2 Å². The van der Waals surface area contributed by atoms with E-state index in [1.54, 1.807) is 19.1 Å². The molecule has 0 fully saturated rings. The topological polar surface area (TPSA) is 133 Å². The molecule has 9 nitrogen and oxygen atoms in total. The maximum absolute atomic E-state index is 13.0. The van der Waals surface area contributed by atoms with Crippen LogP contribution in [0.4, 0.5) is 11.4 Å². The smallest absolute Gasteiger partial charge is 0.371 e. The van der Waals surface area contributed by atoms with Gasteiger partial charge in [-0.2, -0.15) is 0 Å². The van der Waals surface area contributed by atoms with Crippen LogP contribution in [0.2, 0.25) is 0 Å². The molecule has 0 unspecified atom stereocenters. The Bertz CT molecular complexity index is 1470. The van der Waals surface area contributed by atoms with E-state index in [0.717, 1.165) is 24.9 Å². The van der Waals surface area contributed by atoms with Gasteiger partial charge in [-0.1, -0.05) is 12.1 Å². The number of carboxylic acid groups (broad SMARTS) is 1. The summed E-state index contributed by atoms with van der Waals surface area (Å²) in [6.45, 7) is 1.73. The van der Waals surface area contributed by atoms with Crippen molar-refractivity contribution < 1.29 is 19.4 Å². The minimum Gasteiger partial charge on any atom is -0.505 e. The number of carboxylic acids is 1. The lowest BCUT2D eigenvalue weighted by Gasteiger charge is -2.05. The zero-order valence-electron chi connectivity index (χ0n) is 17.7. The van der Waals surface area contributed by atoms with Crippen LogP contribution < -0.4 is 5.56 Å². The van der Waals surface area contributed by atoms with Crippen LogP contribution in [0.15, 0.2) is 68.0 Å². The average Bonchev–Trinajstić information content (AvgIpc) is 3.52. The summed E-state index contributed by atoms with van der Waals surface area (Å²) in [5.74, 6) is -1.51. The number of rotatable bonds is 5. The van der Waals surface area contributed by atoms with Crippen molar-refractivity contribution >= 4 is 17.3 Å². The lowest BCUT2D eigenvalue weighted by molar-refractivity contribution is 0.0663. The van der Waals surface area contributed by atoms with E-state index < -0.39 is 5.97 Å². The number of phenolic OH excluding ortho intramolecular Hbond substituents is 1. The molecule has 1 aliphatic carbocycles. The number of fused-ring (bicyclic) bond motifs is 1. The van der Waals surface area contributed by atoms with Crippen LogP contribution >= 0.6 is 0 Å². The molecule has 5 rings (SSSR count). The van der Waals surface area contributed by atoms with E-state index in [1.165, 1.54) is 34.0 Å². The second kappa shape index (κ2) is 7.94. The van der Waals surface area contributed by atoms with Crippen molar-refractivity contribution in [2.75, 3.05) is 0 Å². The third kappa shape index (κ3) is 3.63. The Hall–Kier alpha value is -4.40. The number of aromatic nitrogens is 2. The van der Waals surface area contributed by atoms with Crippen molar-refractivity contribution in [1.82, 2.24) is 9.78 Å². The van der Waals surface area contributed by atoms with Gasteiger partial charge in [0.2, 0.25) is 5.76 Å². The van der Waals surface area contributed by atoms with Crippen molar-refractivity contribution in [3.63, 3.8) is 0 Å². The monoisotopic (exact) mass is 444 g/mol. The molecule has 0 atom stereocenters. The molecule has 2 aromatic heterocycles. The first-order valence-corrected chi connectivity index (χ1v) is 10.4. The molecule has 4 aromatic rings. The number of aryl methyl sites for hydroxylation is 3. The molecule has 0 saturated carbocycles.